The number of rotatable bonds is 3. The van der Waals surface area contributed by atoms with E-state index >= 15 is 0 Å². The second-order valence-corrected chi connectivity index (χ2v) is 4.11. The van der Waals surface area contributed by atoms with Crippen LogP contribution < -0.4 is 0 Å². The van der Waals surface area contributed by atoms with Crippen LogP contribution in [0.1, 0.15) is 12.8 Å². The Hall–Kier alpha value is -2.15. The first-order valence-electron chi connectivity index (χ1n) is 6.15. The van der Waals surface area contributed by atoms with Gasteiger partial charge in [0, 0.05) is 5.57 Å². The molecule has 0 amide bonds. The maximum atomic E-state index is 12.0. The molecule has 0 saturated heterocycles. The molecule has 0 saturated carbocycles. The largest absolute Gasteiger partial charge is 0.289 e. The predicted molar refractivity (Wildman–Crippen MR) is 76.1 cm³/mol. The molecule has 0 spiro atoms. The minimum Gasteiger partial charge on any atom is -0.289 e. The average Bonchev–Trinajstić information content (AvgIpc) is 2.80. The molecule has 0 heterocycles. The van der Waals surface area contributed by atoms with E-state index in [2.05, 4.69) is 12.2 Å². The standard InChI is InChI=1S/C17H16O/c18-17(16-11-7-3-4-8-12-16)14-13-15-9-5-1-2-6-10-15/h1,3-7,9-14H,2,8H2/b14-13+. The lowest BCUT2D eigenvalue weighted by Crippen LogP contribution is -1.95. The van der Waals surface area contributed by atoms with Gasteiger partial charge in [-0.2, -0.15) is 0 Å². The van der Waals surface area contributed by atoms with Crippen molar-refractivity contribution < 1.29 is 4.79 Å². The summed E-state index contributed by atoms with van der Waals surface area (Å²) in [5.74, 6) is 0.0532. The zero-order chi connectivity index (χ0) is 12.6. The molecule has 0 bridgehead atoms. The van der Waals surface area contributed by atoms with Crippen molar-refractivity contribution in [1.29, 1.82) is 0 Å². The van der Waals surface area contributed by atoms with E-state index in [1.165, 1.54) is 0 Å². The summed E-state index contributed by atoms with van der Waals surface area (Å²) in [5.41, 5.74) is 1.80. The number of hydrogen-bond donors (Lipinski definition) is 0. The third kappa shape index (κ3) is 3.70. The minimum absolute atomic E-state index is 0.0532. The first-order chi connectivity index (χ1) is 8.86. The first-order valence-corrected chi connectivity index (χ1v) is 6.15. The Morgan fingerprint density at radius 3 is 2.83 bits per heavy atom. The Balaban J connectivity index is 2.05. The van der Waals surface area contributed by atoms with Crippen LogP contribution in [-0.4, -0.2) is 5.78 Å². The van der Waals surface area contributed by atoms with Gasteiger partial charge in [-0.15, -0.1) is 0 Å². The Labute approximate surface area is 108 Å². The minimum atomic E-state index is 0.0532. The number of hydrogen-bond acceptors (Lipinski definition) is 1. The number of carbonyl (C=O) groups is 1. The zero-order valence-corrected chi connectivity index (χ0v) is 10.3. The molecule has 1 heteroatoms. The smallest absolute Gasteiger partial charge is 0.185 e. The zero-order valence-electron chi connectivity index (χ0n) is 10.3. The van der Waals surface area contributed by atoms with E-state index in [1.807, 2.05) is 54.7 Å². The van der Waals surface area contributed by atoms with Crippen molar-refractivity contribution in [3.8, 4) is 0 Å². The molecule has 2 aliphatic rings. The third-order valence-electron chi connectivity index (χ3n) is 2.72. The topological polar surface area (TPSA) is 17.1 Å². The van der Waals surface area contributed by atoms with Crippen molar-refractivity contribution >= 4 is 5.78 Å². The van der Waals surface area contributed by atoms with Crippen molar-refractivity contribution in [2.24, 2.45) is 0 Å². The fourth-order valence-electron chi connectivity index (χ4n) is 1.74. The lowest BCUT2D eigenvalue weighted by Gasteiger charge is -1.95. The molecular weight excluding hydrogens is 220 g/mol. The molecule has 0 fully saturated rings. The maximum Gasteiger partial charge on any atom is 0.185 e. The van der Waals surface area contributed by atoms with Crippen LogP contribution in [0.5, 0.6) is 0 Å². The fourth-order valence-corrected chi connectivity index (χ4v) is 1.74. The molecule has 18 heavy (non-hydrogen) atoms. The molecule has 2 rings (SSSR count). The van der Waals surface area contributed by atoms with Gasteiger partial charge in [-0.1, -0.05) is 66.8 Å². The highest BCUT2D eigenvalue weighted by atomic mass is 16.1. The van der Waals surface area contributed by atoms with E-state index in [0.717, 1.165) is 24.0 Å². The SMILES string of the molecule is O=C(/C=C/C1=CC=CCC=C1)C1=CCC=CC=C1. The van der Waals surface area contributed by atoms with Crippen LogP contribution in [0.4, 0.5) is 0 Å². The van der Waals surface area contributed by atoms with Gasteiger partial charge >= 0.3 is 0 Å². The van der Waals surface area contributed by atoms with Crippen molar-refractivity contribution in [3.05, 3.63) is 84.1 Å². The van der Waals surface area contributed by atoms with Crippen LogP contribution in [0.3, 0.4) is 0 Å². The van der Waals surface area contributed by atoms with Crippen LogP contribution in [0, 0.1) is 0 Å². The molecule has 0 radical (unpaired) electrons. The second-order valence-electron chi connectivity index (χ2n) is 4.11. The van der Waals surface area contributed by atoms with E-state index in [1.54, 1.807) is 6.08 Å². The second kappa shape index (κ2) is 6.55. The average molecular weight is 236 g/mol. The van der Waals surface area contributed by atoms with Crippen LogP contribution >= 0.6 is 0 Å². The van der Waals surface area contributed by atoms with E-state index < -0.39 is 0 Å². The number of allylic oxidation sites excluding steroid dienone is 14. The molecule has 0 atom stereocenters. The number of carbonyl (C=O) groups excluding carboxylic acids is 1. The quantitative estimate of drug-likeness (QED) is 0.677. The first kappa shape index (κ1) is 12.3. The van der Waals surface area contributed by atoms with Crippen molar-refractivity contribution in [1.82, 2.24) is 0 Å². The molecule has 0 N–H and O–H groups in total. The molecule has 0 aromatic rings. The summed E-state index contributed by atoms with van der Waals surface area (Å²) >= 11 is 0. The lowest BCUT2D eigenvalue weighted by molar-refractivity contribution is -0.111. The van der Waals surface area contributed by atoms with Gasteiger partial charge in [0.1, 0.15) is 0 Å². The Morgan fingerprint density at radius 2 is 1.89 bits per heavy atom. The Kier molecular flexibility index (Phi) is 4.48. The van der Waals surface area contributed by atoms with Gasteiger partial charge in [-0.25, -0.2) is 0 Å². The highest BCUT2D eigenvalue weighted by Crippen LogP contribution is 2.10. The van der Waals surface area contributed by atoms with Gasteiger partial charge in [-0.3, -0.25) is 4.79 Å². The van der Waals surface area contributed by atoms with Gasteiger partial charge in [0.25, 0.3) is 0 Å². The van der Waals surface area contributed by atoms with E-state index in [0.29, 0.717) is 0 Å². The van der Waals surface area contributed by atoms with Crippen molar-refractivity contribution in [2.45, 2.75) is 12.8 Å². The van der Waals surface area contributed by atoms with Gasteiger partial charge in [-0.05, 0) is 24.5 Å². The highest BCUT2D eigenvalue weighted by Gasteiger charge is 2.02. The molecular formula is C17H16O. The number of ketones is 1. The van der Waals surface area contributed by atoms with Crippen LogP contribution in [0.2, 0.25) is 0 Å². The summed E-state index contributed by atoms with van der Waals surface area (Å²) in [6.45, 7) is 0. The lowest BCUT2D eigenvalue weighted by atomic mass is 10.1. The Morgan fingerprint density at radius 1 is 1.00 bits per heavy atom. The highest BCUT2D eigenvalue weighted by molar-refractivity contribution is 6.06. The van der Waals surface area contributed by atoms with Crippen molar-refractivity contribution in [2.75, 3.05) is 0 Å². The maximum absolute atomic E-state index is 12.0. The van der Waals surface area contributed by atoms with Crippen molar-refractivity contribution in [3.63, 3.8) is 0 Å². The van der Waals surface area contributed by atoms with Crippen LogP contribution in [-0.2, 0) is 4.79 Å². The normalized spacial score (nSPS) is 18.4. The third-order valence-corrected chi connectivity index (χ3v) is 2.72. The summed E-state index contributed by atoms with van der Waals surface area (Å²) in [4.78, 5) is 12.0. The molecule has 2 aliphatic carbocycles. The molecule has 0 aliphatic heterocycles. The monoisotopic (exact) mass is 236 g/mol. The summed E-state index contributed by atoms with van der Waals surface area (Å²) in [5, 5.41) is 0. The summed E-state index contributed by atoms with van der Waals surface area (Å²) in [6.07, 6.45) is 25.2. The molecule has 90 valence electrons. The van der Waals surface area contributed by atoms with Gasteiger partial charge in [0.15, 0.2) is 5.78 Å². The van der Waals surface area contributed by atoms with E-state index in [9.17, 15) is 4.79 Å². The molecule has 0 aromatic heterocycles. The van der Waals surface area contributed by atoms with Crippen LogP contribution in [0.15, 0.2) is 84.1 Å². The Bertz CT molecular complexity index is 520. The van der Waals surface area contributed by atoms with Gasteiger partial charge < -0.3 is 0 Å². The molecule has 0 unspecified atom stereocenters. The molecule has 0 aromatic carbocycles. The predicted octanol–water partition coefficient (Wildman–Crippen LogP) is 4.00. The van der Waals surface area contributed by atoms with E-state index in [4.69, 9.17) is 0 Å². The summed E-state index contributed by atoms with van der Waals surface area (Å²) in [7, 11) is 0. The molecule has 1 nitrogen and oxygen atoms in total. The van der Waals surface area contributed by atoms with Gasteiger partial charge in [0.2, 0.25) is 0 Å². The fraction of sp³-hybridized carbons (Fsp3) is 0.118. The summed E-state index contributed by atoms with van der Waals surface area (Å²) < 4.78 is 0. The van der Waals surface area contributed by atoms with E-state index in [-0.39, 0.29) is 5.78 Å². The van der Waals surface area contributed by atoms with Gasteiger partial charge in [0.05, 0.1) is 0 Å². The summed E-state index contributed by atoms with van der Waals surface area (Å²) in [6, 6.07) is 0. The van der Waals surface area contributed by atoms with Crippen LogP contribution in [0.25, 0.3) is 0 Å².